The summed E-state index contributed by atoms with van der Waals surface area (Å²) in [5, 5.41) is 3.33. The zero-order valence-corrected chi connectivity index (χ0v) is 13.9. The molecule has 0 bridgehead atoms. The third-order valence-corrected chi connectivity index (χ3v) is 4.40. The maximum absolute atomic E-state index is 11.8. The Labute approximate surface area is 131 Å². The van der Waals surface area contributed by atoms with Gasteiger partial charge in [-0.2, -0.15) is 4.31 Å². The quantitative estimate of drug-likeness (QED) is 0.792. The van der Waals surface area contributed by atoms with E-state index in [-0.39, 0.29) is 25.4 Å². The van der Waals surface area contributed by atoms with Gasteiger partial charge in [0.05, 0.1) is 6.26 Å². The highest BCUT2D eigenvalue weighted by Crippen LogP contribution is 2.13. The zero-order chi connectivity index (χ0) is 15.9. The number of rotatable bonds is 8. The monoisotopic (exact) mass is 332 g/mol. The molecule has 1 aromatic carbocycles. The van der Waals surface area contributed by atoms with E-state index in [9.17, 15) is 13.2 Å². The fourth-order valence-electron chi connectivity index (χ4n) is 1.73. The van der Waals surface area contributed by atoms with E-state index < -0.39 is 10.0 Å². The van der Waals surface area contributed by atoms with Gasteiger partial charge in [-0.15, -0.1) is 0 Å². The second-order valence-corrected chi connectivity index (χ2v) is 7.24. The van der Waals surface area contributed by atoms with Gasteiger partial charge < -0.3 is 5.32 Å². The fraction of sp³-hybridized carbons (Fsp3) is 0.500. The molecule has 21 heavy (non-hydrogen) atoms. The minimum atomic E-state index is -3.37. The van der Waals surface area contributed by atoms with Crippen molar-refractivity contribution in [1.29, 1.82) is 0 Å². The molecule has 0 unspecified atom stereocenters. The second-order valence-electron chi connectivity index (χ2n) is 4.82. The number of carbonyl (C=O) groups is 1. The lowest BCUT2D eigenvalue weighted by Crippen LogP contribution is -2.34. The molecule has 0 heterocycles. The number of hydrogen-bond acceptors (Lipinski definition) is 3. The van der Waals surface area contributed by atoms with Gasteiger partial charge in [0.15, 0.2) is 0 Å². The second kappa shape index (κ2) is 8.36. The van der Waals surface area contributed by atoms with E-state index in [1.807, 2.05) is 6.92 Å². The molecule has 1 aromatic rings. The van der Waals surface area contributed by atoms with Crippen LogP contribution in [0.1, 0.15) is 25.3 Å². The summed E-state index contributed by atoms with van der Waals surface area (Å²) in [7, 11) is -3.37. The lowest BCUT2D eigenvalue weighted by atomic mass is 10.2. The molecule has 1 N–H and O–H groups in total. The van der Waals surface area contributed by atoms with Gasteiger partial charge in [-0.1, -0.05) is 30.7 Å². The van der Waals surface area contributed by atoms with Crippen LogP contribution in [0.3, 0.4) is 0 Å². The molecule has 1 amide bonds. The average Bonchev–Trinajstić information content (AvgIpc) is 2.41. The van der Waals surface area contributed by atoms with E-state index in [1.54, 1.807) is 24.3 Å². The van der Waals surface area contributed by atoms with Crippen molar-refractivity contribution in [3.63, 3.8) is 0 Å². The first-order valence-electron chi connectivity index (χ1n) is 6.79. The Balaban J connectivity index is 2.65. The minimum absolute atomic E-state index is 0.137. The number of amides is 1. The predicted octanol–water partition coefficient (Wildman–Crippen LogP) is 2.02. The summed E-state index contributed by atoms with van der Waals surface area (Å²) in [6.45, 7) is 2.96. The first kappa shape index (κ1) is 17.9. The zero-order valence-electron chi connectivity index (χ0n) is 12.3. The van der Waals surface area contributed by atoms with Gasteiger partial charge in [0, 0.05) is 31.1 Å². The third kappa shape index (κ3) is 6.93. The normalized spacial score (nSPS) is 11.6. The smallest absolute Gasteiger partial charge is 0.221 e. The van der Waals surface area contributed by atoms with Crippen molar-refractivity contribution in [2.75, 3.05) is 19.3 Å². The van der Waals surface area contributed by atoms with Crippen molar-refractivity contribution in [2.45, 2.75) is 26.3 Å². The van der Waals surface area contributed by atoms with Crippen LogP contribution < -0.4 is 5.32 Å². The molecule has 0 fully saturated rings. The van der Waals surface area contributed by atoms with Crippen LogP contribution in [0.5, 0.6) is 0 Å². The molecule has 0 spiro atoms. The summed E-state index contributed by atoms with van der Waals surface area (Å²) < 4.78 is 24.9. The van der Waals surface area contributed by atoms with E-state index >= 15 is 0 Å². The average molecular weight is 333 g/mol. The van der Waals surface area contributed by atoms with E-state index in [0.29, 0.717) is 11.6 Å². The predicted molar refractivity (Wildman–Crippen MR) is 84.6 cm³/mol. The molecule has 0 aliphatic rings. The number of hydrogen-bond donors (Lipinski definition) is 1. The molecule has 5 nitrogen and oxygen atoms in total. The van der Waals surface area contributed by atoms with Crippen molar-refractivity contribution in [3.05, 3.63) is 34.9 Å². The fourth-order valence-corrected chi connectivity index (χ4v) is 2.67. The topological polar surface area (TPSA) is 66.5 Å². The summed E-state index contributed by atoms with van der Waals surface area (Å²) in [5.41, 5.74) is 0.832. The highest BCUT2D eigenvalue weighted by atomic mass is 35.5. The van der Waals surface area contributed by atoms with Gasteiger partial charge in [0.1, 0.15) is 0 Å². The van der Waals surface area contributed by atoms with E-state index in [1.165, 1.54) is 4.31 Å². The summed E-state index contributed by atoms with van der Waals surface area (Å²) in [4.78, 5) is 11.6. The number of sulfonamides is 1. The lowest BCUT2D eigenvalue weighted by molar-refractivity contribution is -0.121. The molecule has 0 saturated carbocycles. The molecule has 0 aromatic heterocycles. The molecule has 0 aliphatic carbocycles. The van der Waals surface area contributed by atoms with Gasteiger partial charge in [-0.25, -0.2) is 8.42 Å². The van der Waals surface area contributed by atoms with E-state index in [2.05, 4.69) is 5.32 Å². The maximum atomic E-state index is 11.8. The summed E-state index contributed by atoms with van der Waals surface area (Å²) in [6.07, 6.45) is 2.15. The van der Waals surface area contributed by atoms with Crippen molar-refractivity contribution in [3.8, 4) is 0 Å². The Morgan fingerprint density at radius 2 is 1.90 bits per heavy atom. The van der Waals surface area contributed by atoms with Gasteiger partial charge >= 0.3 is 0 Å². The molecule has 0 saturated heterocycles. The summed E-state index contributed by atoms with van der Waals surface area (Å²) >= 11 is 5.80. The van der Waals surface area contributed by atoms with E-state index in [0.717, 1.165) is 18.2 Å². The molecule has 0 atom stereocenters. The Morgan fingerprint density at radius 3 is 2.43 bits per heavy atom. The van der Waals surface area contributed by atoms with Crippen molar-refractivity contribution >= 4 is 27.5 Å². The first-order valence-corrected chi connectivity index (χ1v) is 9.02. The molecule has 1 rings (SSSR count). The molecule has 118 valence electrons. The molecule has 7 heteroatoms. The Morgan fingerprint density at radius 1 is 1.29 bits per heavy atom. The van der Waals surface area contributed by atoms with Crippen LogP contribution in [-0.4, -0.2) is 38.0 Å². The summed E-state index contributed by atoms with van der Waals surface area (Å²) in [6, 6.07) is 6.98. The molecule has 0 aliphatic heterocycles. The van der Waals surface area contributed by atoms with Crippen LogP contribution in [0.4, 0.5) is 0 Å². The van der Waals surface area contributed by atoms with E-state index in [4.69, 9.17) is 11.6 Å². The van der Waals surface area contributed by atoms with Crippen molar-refractivity contribution < 1.29 is 13.2 Å². The number of nitrogens with zero attached hydrogens (tertiary/aromatic N) is 1. The lowest BCUT2D eigenvalue weighted by Gasteiger charge is -2.19. The van der Waals surface area contributed by atoms with Crippen LogP contribution in [0, 0.1) is 0 Å². The Kier molecular flexibility index (Phi) is 7.14. The van der Waals surface area contributed by atoms with Gasteiger partial charge in [-0.3, -0.25) is 4.79 Å². The van der Waals surface area contributed by atoms with Gasteiger partial charge in [0.2, 0.25) is 15.9 Å². The van der Waals surface area contributed by atoms with Crippen molar-refractivity contribution in [1.82, 2.24) is 9.62 Å². The first-order chi connectivity index (χ1) is 9.82. The van der Waals surface area contributed by atoms with Gasteiger partial charge in [-0.05, 0) is 24.1 Å². The SMILES string of the molecule is CCCNC(=O)CCN(Cc1ccc(Cl)cc1)S(C)(=O)=O. The van der Waals surface area contributed by atoms with Crippen LogP contribution in [-0.2, 0) is 21.4 Å². The Hall–Kier alpha value is -1.11. The highest BCUT2D eigenvalue weighted by Gasteiger charge is 2.18. The van der Waals surface area contributed by atoms with Crippen LogP contribution in [0.25, 0.3) is 0 Å². The standard InChI is InChI=1S/C14H21ClN2O3S/c1-3-9-16-14(18)8-10-17(21(2,19)20)11-12-4-6-13(15)7-5-12/h4-7H,3,8-11H2,1-2H3,(H,16,18). The Bertz CT molecular complexity index is 558. The van der Waals surface area contributed by atoms with Crippen LogP contribution in [0.15, 0.2) is 24.3 Å². The number of carbonyl (C=O) groups excluding carboxylic acids is 1. The molecular formula is C14H21ClN2O3S. The van der Waals surface area contributed by atoms with Crippen LogP contribution in [0.2, 0.25) is 5.02 Å². The number of halogens is 1. The largest absolute Gasteiger partial charge is 0.356 e. The molecular weight excluding hydrogens is 312 g/mol. The minimum Gasteiger partial charge on any atom is -0.356 e. The third-order valence-electron chi connectivity index (χ3n) is 2.90. The number of benzene rings is 1. The van der Waals surface area contributed by atoms with Crippen LogP contribution >= 0.6 is 11.6 Å². The van der Waals surface area contributed by atoms with Gasteiger partial charge in [0.25, 0.3) is 0 Å². The van der Waals surface area contributed by atoms with Crippen molar-refractivity contribution in [2.24, 2.45) is 0 Å². The highest BCUT2D eigenvalue weighted by molar-refractivity contribution is 7.88. The summed E-state index contributed by atoms with van der Waals surface area (Å²) in [5.74, 6) is -0.137. The maximum Gasteiger partial charge on any atom is 0.221 e. The molecule has 0 radical (unpaired) electrons. The number of nitrogens with one attached hydrogen (secondary N) is 1.